The van der Waals surface area contributed by atoms with Crippen LogP contribution < -0.4 is 5.32 Å². The van der Waals surface area contributed by atoms with Crippen LogP contribution in [-0.2, 0) is 0 Å². The topological polar surface area (TPSA) is 12.0 Å². The molecular formula is C17H21NS. The Morgan fingerprint density at radius 3 is 2.47 bits per heavy atom. The van der Waals surface area contributed by atoms with Crippen LogP contribution in [0, 0.1) is 12.8 Å². The number of aryl methyl sites for hydroxylation is 1. The molecule has 0 radical (unpaired) electrons. The van der Waals surface area contributed by atoms with Crippen molar-refractivity contribution >= 4 is 11.3 Å². The van der Waals surface area contributed by atoms with Gasteiger partial charge in [-0.2, -0.15) is 0 Å². The molecule has 1 nitrogen and oxygen atoms in total. The Morgan fingerprint density at radius 1 is 1.16 bits per heavy atom. The summed E-state index contributed by atoms with van der Waals surface area (Å²) >= 11 is 1.88. The van der Waals surface area contributed by atoms with Crippen LogP contribution in [-0.4, -0.2) is 0 Å². The first-order valence-corrected chi connectivity index (χ1v) is 7.98. The molecule has 2 aromatic rings. The van der Waals surface area contributed by atoms with Crippen molar-refractivity contribution in [3.63, 3.8) is 0 Å². The smallest absolute Gasteiger partial charge is 0.0448 e. The van der Waals surface area contributed by atoms with Gasteiger partial charge in [0.15, 0.2) is 0 Å². The highest BCUT2D eigenvalue weighted by atomic mass is 32.1. The molecular weight excluding hydrogens is 250 g/mol. The largest absolute Gasteiger partial charge is 0.302 e. The molecule has 0 aliphatic heterocycles. The predicted octanol–water partition coefficient (Wildman–Crippen LogP) is 4.86. The van der Waals surface area contributed by atoms with E-state index >= 15 is 0 Å². The fourth-order valence-corrected chi connectivity index (χ4v) is 3.45. The summed E-state index contributed by atoms with van der Waals surface area (Å²) in [5.41, 5.74) is 2.71. The molecule has 1 unspecified atom stereocenters. The first-order valence-electron chi connectivity index (χ1n) is 7.10. The molecule has 0 saturated heterocycles. The molecule has 1 heterocycles. The summed E-state index contributed by atoms with van der Waals surface area (Å²) in [6.45, 7) is 4.41. The molecule has 0 spiro atoms. The Morgan fingerprint density at radius 2 is 1.89 bits per heavy atom. The SMILES string of the molecule is Cc1ccc([C@@H](C)NC(c2cccs2)C2CC2)cc1. The summed E-state index contributed by atoms with van der Waals surface area (Å²) in [5, 5.41) is 6.01. The third kappa shape index (κ3) is 3.07. The van der Waals surface area contributed by atoms with Gasteiger partial charge < -0.3 is 5.32 Å². The highest BCUT2D eigenvalue weighted by Gasteiger charge is 2.33. The van der Waals surface area contributed by atoms with Crippen LogP contribution in [0.5, 0.6) is 0 Å². The number of benzene rings is 1. The molecule has 3 rings (SSSR count). The van der Waals surface area contributed by atoms with Crippen molar-refractivity contribution in [2.45, 2.75) is 38.8 Å². The van der Waals surface area contributed by atoms with Gasteiger partial charge in [0.25, 0.3) is 0 Å². The van der Waals surface area contributed by atoms with Crippen molar-refractivity contribution in [1.29, 1.82) is 0 Å². The minimum Gasteiger partial charge on any atom is -0.302 e. The van der Waals surface area contributed by atoms with Crippen LogP contribution in [0.4, 0.5) is 0 Å². The maximum Gasteiger partial charge on any atom is 0.0448 e. The highest BCUT2D eigenvalue weighted by molar-refractivity contribution is 7.10. The fraction of sp³-hybridized carbons (Fsp3) is 0.412. The standard InChI is InChI=1S/C17H21NS/c1-12-5-7-14(8-6-12)13(2)18-17(15-9-10-15)16-4-3-11-19-16/h3-8,11,13,15,17-18H,9-10H2,1-2H3/t13-,17?/m1/s1. The van der Waals surface area contributed by atoms with E-state index in [1.165, 1.54) is 28.8 Å². The predicted molar refractivity (Wildman–Crippen MR) is 82.5 cm³/mol. The summed E-state index contributed by atoms with van der Waals surface area (Å²) in [4.78, 5) is 1.49. The Bertz CT molecular complexity index is 511. The van der Waals surface area contributed by atoms with Gasteiger partial charge in [0.1, 0.15) is 0 Å². The monoisotopic (exact) mass is 271 g/mol. The van der Waals surface area contributed by atoms with E-state index in [1.807, 2.05) is 11.3 Å². The second-order valence-electron chi connectivity index (χ2n) is 5.63. The van der Waals surface area contributed by atoms with Gasteiger partial charge in [-0.25, -0.2) is 0 Å². The van der Waals surface area contributed by atoms with Crippen LogP contribution in [0.2, 0.25) is 0 Å². The summed E-state index contributed by atoms with van der Waals surface area (Å²) in [6, 6.07) is 14.3. The number of nitrogens with one attached hydrogen (secondary N) is 1. The van der Waals surface area contributed by atoms with Gasteiger partial charge in [-0.3, -0.25) is 0 Å². The van der Waals surface area contributed by atoms with Crippen LogP contribution in [0.3, 0.4) is 0 Å². The second-order valence-corrected chi connectivity index (χ2v) is 6.61. The minimum absolute atomic E-state index is 0.410. The number of rotatable bonds is 5. The van der Waals surface area contributed by atoms with Gasteiger partial charge in [-0.15, -0.1) is 11.3 Å². The summed E-state index contributed by atoms with van der Waals surface area (Å²) in [5.74, 6) is 0.839. The molecule has 1 aliphatic carbocycles. The summed E-state index contributed by atoms with van der Waals surface area (Å²) < 4.78 is 0. The van der Waals surface area contributed by atoms with Crippen molar-refractivity contribution in [3.05, 3.63) is 57.8 Å². The van der Waals surface area contributed by atoms with Gasteiger partial charge in [-0.05, 0) is 49.6 Å². The number of thiophene rings is 1. The zero-order valence-corrected chi connectivity index (χ0v) is 12.4. The molecule has 1 aromatic carbocycles. The normalized spacial score (nSPS) is 18.2. The van der Waals surface area contributed by atoms with Gasteiger partial charge >= 0.3 is 0 Å². The Kier molecular flexibility index (Phi) is 3.72. The minimum atomic E-state index is 0.410. The van der Waals surface area contributed by atoms with Crippen LogP contribution in [0.25, 0.3) is 0 Å². The Balaban J connectivity index is 1.73. The molecule has 0 bridgehead atoms. The lowest BCUT2D eigenvalue weighted by atomic mass is 10.0. The molecule has 0 amide bonds. The van der Waals surface area contributed by atoms with Gasteiger partial charge in [0, 0.05) is 17.0 Å². The van der Waals surface area contributed by atoms with E-state index in [0.717, 1.165) is 5.92 Å². The first kappa shape index (κ1) is 12.9. The highest BCUT2D eigenvalue weighted by Crippen LogP contribution is 2.43. The van der Waals surface area contributed by atoms with Crippen LogP contribution in [0.15, 0.2) is 41.8 Å². The van der Waals surface area contributed by atoms with Crippen molar-refractivity contribution in [2.75, 3.05) is 0 Å². The van der Waals surface area contributed by atoms with Gasteiger partial charge in [0.2, 0.25) is 0 Å². The zero-order chi connectivity index (χ0) is 13.2. The molecule has 19 heavy (non-hydrogen) atoms. The first-order chi connectivity index (χ1) is 9.24. The summed E-state index contributed by atoms with van der Waals surface area (Å²) in [6.07, 6.45) is 2.74. The maximum atomic E-state index is 3.83. The molecule has 2 heteroatoms. The second kappa shape index (κ2) is 5.48. The van der Waals surface area contributed by atoms with E-state index in [2.05, 4.69) is 60.9 Å². The van der Waals surface area contributed by atoms with Gasteiger partial charge in [-0.1, -0.05) is 35.9 Å². The van der Waals surface area contributed by atoms with E-state index in [-0.39, 0.29) is 0 Å². The molecule has 100 valence electrons. The fourth-order valence-electron chi connectivity index (χ4n) is 2.57. The average molecular weight is 271 g/mol. The van der Waals surface area contributed by atoms with Crippen molar-refractivity contribution in [1.82, 2.24) is 5.32 Å². The van der Waals surface area contributed by atoms with E-state index in [4.69, 9.17) is 0 Å². The third-order valence-corrected chi connectivity index (χ3v) is 4.91. The molecule has 1 aliphatic rings. The molecule has 1 N–H and O–H groups in total. The average Bonchev–Trinajstić information content (AvgIpc) is 3.11. The zero-order valence-electron chi connectivity index (χ0n) is 11.6. The van der Waals surface area contributed by atoms with E-state index < -0.39 is 0 Å². The van der Waals surface area contributed by atoms with Crippen molar-refractivity contribution in [2.24, 2.45) is 5.92 Å². The number of hydrogen-bond donors (Lipinski definition) is 1. The van der Waals surface area contributed by atoms with Crippen molar-refractivity contribution < 1.29 is 0 Å². The quantitative estimate of drug-likeness (QED) is 0.819. The van der Waals surface area contributed by atoms with Crippen molar-refractivity contribution in [3.8, 4) is 0 Å². The molecule has 2 atom stereocenters. The van der Waals surface area contributed by atoms with Crippen LogP contribution in [0.1, 0.15) is 47.9 Å². The molecule has 1 fully saturated rings. The van der Waals surface area contributed by atoms with Crippen LogP contribution >= 0.6 is 11.3 Å². The maximum absolute atomic E-state index is 3.83. The Labute approximate surface area is 119 Å². The van der Waals surface area contributed by atoms with E-state index in [9.17, 15) is 0 Å². The Hall–Kier alpha value is -1.12. The molecule has 1 aromatic heterocycles. The lowest BCUT2D eigenvalue weighted by Crippen LogP contribution is -2.25. The lowest BCUT2D eigenvalue weighted by molar-refractivity contribution is 0.433. The van der Waals surface area contributed by atoms with E-state index in [1.54, 1.807) is 0 Å². The summed E-state index contributed by atoms with van der Waals surface area (Å²) in [7, 11) is 0. The molecule has 1 saturated carbocycles. The van der Waals surface area contributed by atoms with E-state index in [0.29, 0.717) is 12.1 Å². The van der Waals surface area contributed by atoms with Gasteiger partial charge in [0.05, 0.1) is 0 Å². The number of hydrogen-bond acceptors (Lipinski definition) is 2. The third-order valence-electron chi connectivity index (χ3n) is 3.95. The lowest BCUT2D eigenvalue weighted by Gasteiger charge is -2.23.